The van der Waals surface area contributed by atoms with Crippen LogP contribution in [-0.4, -0.2) is 39.5 Å². The standard InChI is InChI=1S/C20H28N4O2S/c1-20(2)11-23(9-7-15(20)21)16(25)8-10-24-12-22-18-17(19(24)26)13-5-3-4-6-14(13)27-18/h12,15H,3-11,21H2,1-2H3. The van der Waals surface area contributed by atoms with Crippen LogP contribution >= 0.6 is 11.3 Å². The molecule has 3 heterocycles. The second-order valence-corrected chi connectivity index (χ2v) is 9.67. The number of aromatic nitrogens is 2. The van der Waals surface area contributed by atoms with Gasteiger partial charge in [0.05, 0.1) is 11.7 Å². The summed E-state index contributed by atoms with van der Waals surface area (Å²) < 4.78 is 1.61. The van der Waals surface area contributed by atoms with E-state index in [4.69, 9.17) is 5.73 Å². The van der Waals surface area contributed by atoms with E-state index in [1.54, 1.807) is 22.2 Å². The number of amides is 1. The smallest absolute Gasteiger partial charge is 0.262 e. The number of aryl methyl sites for hydroxylation is 3. The molecule has 7 heteroatoms. The van der Waals surface area contributed by atoms with Crippen LogP contribution in [0.5, 0.6) is 0 Å². The van der Waals surface area contributed by atoms with Crippen molar-refractivity contribution in [3.8, 4) is 0 Å². The quantitative estimate of drug-likeness (QED) is 0.875. The molecule has 6 nitrogen and oxygen atoms in total. The molecule has 2 aliphatic rings. The highest BCUT2D eigenvalue weighted by Gasteiger charge is 2.35. The molecule has 2 aromatic rings. The summed E-state index contributed by atoms with van der Waals surface area (Å²) >= 11 is 1.66. The van der Waals surface area contributed by atoms with Gasteiger partial charge in [0.25, 0.3) is 5.56 Å². The molecule has 4 rings (SSSR count). The number of hydrogen-bond donors (Lipinski definition) is 1. The summed E-state index contributed by atoms with van der Waals surface area (Å²) in [5.41, 5.74) is 7.31. The van der Waals surface area contributed by atoms with Crippen molar-refractivity contribution < 1.29 is 4.79 Å². The Morgan fingerprint density at radius 1 is 1.37 bits per heavy atom. The lowest BCUT2D eigenvalue weighted by Gasteiger charge is -2.42. The van der Waals surface area contributed by atoms with Gasteiger partial charge in [-0.25, -0.2) is 4.98 Å². The molecule has 0 radical (unpaired) electrons. The number of likely N-dealkylation sites (tertiary alicyclic amines) is 1. The van der Waals surface area contributed by atoms with E-state index in [1.807, 2.05) is 4.90 Å². The van der Waals surface area contributed by atoms with Crippen molar-refractivity contribution in [2.75, 3.05) is 13.1 Å². The van der Waals surface area contributed by atoms with Crippen molar-refractivity contribution in [1.82, 2.24) is 14.5 Å². The Hall–Kier alpha value is -1.73. The van der Waals surface area contributed by atoms with Gasteiger partial charge in [-0.15, -0.1) is 11.3 Å². The predicted octanol–water partition coefficient (Wildman–Crippen LogP) is 2.31. The number of carbonyl (C=O) groups excluding carboxylic acids is 1. The zero-order valence-electron chi connectivity index (χ0n) is 16.2. The Morgan fingerprint density at radius 2 is 2.15 bits per heavy atom. The van der Waals surface area contributed by atoms with Crippen molar-refractivity contribution >= 4 is 27.5 Å². The van der Waals surface area contributed by atoms with Crippen LogP contribution in [0.4, 0.5) is 0 Å². The normalized spacial score (nSPS) is 22.0. The van der Waals surface area contributed by atoms with Gasteiger partial charge in [-0.05, 0) is 43.1 Å². The predicted molar refractivity (Wildman–Crippen MR) is 108 cm³/mol. The largest absolute Gasteiger partial charge is 0.342 e. The maximum atomic E-state index is 13.0. The molecule has 0 aromatic carbocycles. The Bertz CT molecular complexity index is 930. The lowest BCUT2D eigenvalue weighted by molar-refractivity contribution is -0.134. The molecule has 1 fully saturated rings. The minimum absolute atomic E-state index is 0.00759. The van der Waals surface area contributed by atoms with Crippen molar-refractivity contribution in [2.45, 2.75) is 65.0 Å². The molecular weight excluding hydrogens is 360 g/mol. The average molecular weight is 389 g/mol. The Morgan fingerprint density at radius 3 is 2.93 bits per heavy atom. The zero-order valence-corrected chi connectivity index (χ0v) is 17.0. The van der Waals surface area contributed by atoms with Crippen molar-refractivity contribution in [1.29, 1.82) is 0 Å². The summed E-state index contributed by atoms with van der Waals surface area (Å²) in [4.78, 5) is 34.2. The number of nitrogens with two attached hydrogens (primary N) is 1. The van der Waals surface area contributed by atoms with Crippen molar-refractivity contribution in [3.63, 3.8) is 0 Å². The molecule has 1 aliphatic carbocycles. The van der Waals surface area contributed by atoms with Crippen LogP contribution in [0, 0.1) is 5.41 Å². The van der Waals surface area contributed by atoms with Gasteiger partial charge in [-0.2, -0.15) is 0 Å². The van der Waals surface area contributed by atoms with Crippen LogP contribution < -0.4 is 11.3 Å². The van der Waals surface area contributed by atoms with Gasteiger partial charge >= 0.3 is 0 Å². The number of piperidine rings is 1. The van der Waals surface area contributed by atoms with E-state index in [1.165, 1.54) is 16.9 Å². The first-order valence-corrected chi connectivity index (χ1v) is 10.7. The minimum atomic E-state index is -0.0685. The topological polar surface area (TPSA) is 81.2 Å². The first-order chi connectivity index (χ1) is 12.9. The second-order valence-electron chi connectivity index (χ2n) is 8.58. The highest BCUT2D eigenvalue weighted by Crippen LogP contribution is 2.33. The zero-order chi connectivity index (χ0) is 19.2. The lowest BCUT2D eigenvalue weighted by atomic mass is 9.79. The van der Waals surface area contributed by atoms with Crippen molar-refractivity contribution in [3.05, 3.63) is 27.1 Å². The maximum Gasteiger partial charge on any atom is 0.262 e. The number of carbonyl (C=O) groups is 1. The molecule has 27 heavy (non-hydrogen) atoms. The van der Waals surface area contributed by atoms with Crippen molar-refractivity contribution in [2.24, 2.45) is 11.1 Å². The molecule has 146 valence electrons. The van der Waals surface area contributed by atoms with Crippen LogP contribution in [-0.2, 0) is 24.2 Å². The van der Waals surface area contributed by atoms with Gasteiger partial charge in [-0.3, -0.25) is 14.2 Å². The number of hydrogen-bond acceptors (Lipinski definition) is 5. The van der Waals surface area contributed by atoms with Crippen LogP contribution in [0.1, 0.15) is 50.0 Å². The maximum absolute atomic E-state index is 13.0. The van der Waals surface area contributed by atoms with E-state index in [0.717, 1.165) is 35.9 Å². The number of nitrogens with zero attached hydrogens (tertiary/aromatic N) is 3. The van der Waals surface area contributed by atoms with E-state index >= 15 is 0 Å². The molecule has 1 unspecified atom stereocenters. The van der Waals surface area contributed by atoms with Gasteiger partial charge in [0.15, 0.2) is 0 Å². The molecule has 0 saturated carbocycles. The van der Waals surface area contributed by atoms with Gasteiger partial charge in [0.1, 0.15) is 4.83 Å². The fraction of sp³-hybridized carbons (Fsp3) is 0.650. The minimum Gasteiger partial charge on any atom is -0.342 e. The van der Waals surface area contributed by atoms with E-state index in [0.29, 0.717) is 26.1 Å². The Kier molecular flexibility index (Phi) is 4.84. The molecule has 2 N–H and O–H groups in total. The molecule has 0 spiro atoms. The highest BCUT2D eigenvalue weighted by molar-refractivity contribution is 7.18. The molecule has 1 saturated heterocycles. The van der Waals surface area contributed by atoms with Crippen LogP contribution in [0.2, 0.25) is 0 Å². The third kappa shape index (κ3) is 3.43. The average Bonchev–Trinajstić information content (AvgIpc) is 3.02. The first kappa shape index (κ1) is 18.6. The fourth-order valence-corrected chi connectivity index (χ4v) is 5.52. The van der Waals surface area contributed by atoms with Gasteiger partial charge < -0.3 is 10.6 Å². The third-order valence-electron chi connectivity index (χ3n) is 6.17. The summed E-state index contributed by atoms with van der Waals surface area (Å²) in [6.07, 6.45) is 7.12. The summed E-state index contributed by atoms with van der Waals surface area (Å²) in [6.45, 7) is 5.98. The fourth-order valence-electron chi connectivity index (χ4n) is 4.30. The van der Waals surface area contributed by atoms with Gasteiger partial charge in [-0.1, -0.05) is 13.8 Å². The monoisotopic (exact) mass is 388 g/mol. The lowest BCUT2D eigenvalue weighted by Crippen LogP contribution is -2.54. The molecule has 1 aliphatic heterocycles. The van der Waals surface area contributed by atoms with Crippen LogP contribution in [0.15, 0.2) is 11.1 Å². The Balaban J connectivity index is 1.50. The molecular formula is C20H28N4O2S. The van der Waals surface area contributed by atoms with E-state index in [2.05, 4.69) is 18.8 Å². The van der Waals surface area contributed by atoms with Gasteiger partial charge in [0, 0.05) is 37.0 Å². The first-order valence-electron chi connectivity index (χ1n) is 9.90. The highest BCUT2D eigenvalue weighted by atomic mass is 32.1. The van der Waals surface area contributed by atoms with E-state index in [9.17, 15) is 9.59 Å². The Labute approximate surface area is 163 Å². The van der Waals surface area contributed by atoms with E-state index < -0.39 is 0 Å². The third-order valence-corrected chi connectivity index (χ3v) is 7.37. The number of thiophene rings is 1. The molecule has 0 bridgehead atoms. The van der Waals surface area contributed by atoms with Crippen LogP contribution in [0.3, 0.4) is 0 Å². The summed E-state index contributed by atoms with van der Waals surface area (Å²) in [5.74, 6) is 0.0920. The second kappa shape index (κ2) is 7.02. The molecule has 1 amide bonds. The summed E-state index contributed by atoms with van der Waals surface area (Å²) in [7, 11) is 0. The SMILES string of the molecule is CC1(C)CN(C(=O)CCn2cnc3sc4c(c3c2=O)CCCC4)CCC1N. The van der Waals surface area contributed by atoms with E-state index in [-0.39, 0.29) is 22.9 Å². The van der Waals surface area contributed by atoms with Gasteiger partial charge in [0.2, 0.25) is 5.91 Å². The number of fused-ring (bicyclic) bond motifs is 3. The summed E-state index contributed by atoms with van der Waals surface area (Å²) in [6, 6.07) is 0.126. The molecule has 2 aromatic heterocycles. The van der Waals surface area contributed by atoms with Crippen LogP contribution in [0.25, 0.3) is 10.2 Å². The number of rotatable bonds is 3. The summed E-state index contributed by atoms with van der Waals surface area (Å²) in [5, 5.41) is 0.787. The molecule has 1 atom stereocenters.